The molecule has 0 spiro atoms. The average molecular weight is 263 g/mol. The Hall–Kier alpha value is -1.49. The fourth-order valence-corrected chi connectivity index (χ4v) is 3.46. The zero-order valence-electron chi connectivity index (χ0n) is 10.6. The lowest BCUT2D eigenvalue weighted by Gasteiger charge is -2.14. The van der Waals surface area contributed by atoms with Crippen LogP contribution < -0.4 is 0 Å². The molecule has 0 bridgehead atoms. The standard InChI is InChI=1S/C13H17N3OS/c1-3-12(11-7-5-4-6-8-11)18(17)9-13-15-14-10-16(13)2/h4-8,10,12H,3,9H2,1-2H3/t12-,18+/m1/s1. The van der Waals surface area contributed by atoms with Crippen LogP contribution in [0, 0.1) is 0 Å². The summed E-state index contributed by atoms with van der Waals surface area (Å²) >= 11 is 0. The maximum absolute atomic E-state index is 12.4. The van der Waals surface area contributed by atoms with Crippen molar-refractivity contribution in [2.45, 2.75) is 24.3 Å². The van der Waals surface area contributed by atoms with Gasteiger partial charge in [0.05, 0.1) is 11.0 Å². The van der Waals surface area contributed by atoms with E-state index < -0.39 is 10.8 Å². The summed E-state index contributed by atoms with van der Waals surface area (Å²) in [4.78, 5) is 0. The Kier molecular flexibility index (Phi) is 4.25. The molecular formula is C13H17N3OS. The van der Waals surface area contributed by atoms with Crippen LogP contribution in [-0.2, 0) is 23.6 Å². The largest absolute Gasteiger partial charge is 0.320 e. The van der Waals surface area contributed by atoms with Crippen LogP contribution in [0.4, 0.5) is 0 Å². The van der Waals surface area contributed by atoms with Crippen LogP contribution in [0.15, 0.2) is 36.7 Å². The van der Waals surface area contributed by atoms with Crippen molar-refractivity contribution in [3.63, 3.8) is 0 Å². The molecule has 4 nitrogen and oxygen atoms in total. The van der Waals surface area contributed by atoms with Gasteiger partial charge in [-0.1, -0.05) is 37.3 Å². The monoisotopic (exact) mass is 263 g/mol. The van der Waals surface area contributed by atoms with Crippen LogP contribution in [-0.4, -0.2) is 19.0 Å². The number of nitrogens with zero attached hydrogens (tertiary/aromatic N) is 3. The first-order chi connectivity index (χ1) is 8.72. The molecule has 0 aliphatic heterocycles. The lowest BCUT2D eigenvalue weighted by atomic mass is 10.1. The van der Waals surface area contributed by atoms with E-state index >= 15 is 0 Å². The Morgan fingerprint density at radius 2 is 2.06 bits per heavy atom. The summed E-state index contributed by atoms with van der Waals surface area (Å²) in [7, 11) is 0.899. The van der Waals surface area contributed by atoms with Crippen LogP contribution in [0.5, 0.6) is 0 Å². The predicted octanol–water partition coefficient (Wildman–Crippen LogP) is 2.22. The molecule has 0 unspecified atom stereocenters. The first-order valence-corrected chi connectivity index (χ1v) is 7.35. The summed E-state index contributed by atoms with van der Waals surface area (Å²) in [5, 5.41) is 7.86. The minimum absolute atomic E-state index is 0.0582. The highest BCUT2D eigenvalue weighted by Crippen LogP contribution is 2.24. The zero-order chi connectivity index (χ0) is 13.0. The molecule has 5 heteroatoms. The Bertz CT molecular complexity index is 524. The van der Waals surface area contributed by atoms with Gasteiger partial charge in [-0.25, -0.2) is 0 Å². The molecule has 2 atom stereocenters. The fraction of sp³-hybridized carbons (Fsp3) is 0.385. The molecule has 1 heterocycles. The molecular weight excluding hydrogens is 246 g/mol. The van der Waals surface area contributed by atoms with Gasteiger partial charge in [-0.3, -0.25) is 4.21 Å². The van der Waals surface area contributed by atoms with Gasteiger partial charge in [0.2, 0.25) is 0 Å². The second-order valence-corrected chi connectivity index (χ2v) is 5.81. The molecule has 1 aromatic heterocycles. The molecule has 0 fully saturated rings. The Morgan fingerprint density at radius 3 is 2.61 bits per heavy atom. The van der Waals surface area contributed by atoms with E-state index in [2.05, 4.69) is 17.1 Å². The maximum Gasteiger partial charge on any atom is 0.145 e. The third-order valence-corrected chi connectivity index (χ3v) is 4.72. The summed E-state index contributed by atoms with van der Waals surface area (Å²) in [5.41, 5.74) is 1.13. The summed E-state index contributed by atoms with van der Waals surface area (Å²) in [6.45, 7) is 2.06. The number of aryl methyl sites for hydroxylation is 1. The quantitative estimate of drug-likeness (QED) is 0.831. The van der Waals surface area contributed by atoms with Gasteiger partial charge in [-0.2, -0.15) is 0 Å². The second kappa shape index (κ2) is 5.91. The molecule has 1 aromatic carbocycles. The highest BCUT2D eigenvalue weighted by Gasteiger charge is 2.18. The SMILES string of the molecule is CC[C@H](c1ccccc1)[S@@](=O)Cc1nncn1C. The van der Waals surface area contributed by atoms with Crippen molar-refractivity contribution in [3.05, 3.63) is 48.0 Å². The van der Waals surface area contributed by atoms with Crippen molar-refractivity contribution in [1.82, 2.24) is 14.8 Å². The molecule has 0 aliphatic carbocycles. The van der Waals surface area contributed by atoms with Crippen molar-refractivity contribution in [3.8, 4) is 0 Å². The molecule has 0 saturated carbocycles. The first kappa shape index (κ1) is 13.0. The van der Waals surface area contributed by atoms with Gasteiger partial charge in [0, 0.05) is 17.8 Å². The molecule has 0 N–H and O–H groups in total. The Morgan fingerprint density at radius 1 is 1.33 bits per heavy atom. The molecule has 2 aromatic rings. The molecule has 2 rings (SSSR count). The Labute approximate surface area is 110 Å². The topological polar surface area (TPSA) is 47.8 Å². The predicted molar refractivity (Wildman–Crippen MR) is 72.3 cm³/mol. The second-order valence-electron chi connectivity index (χ2n) is 4.19. The third kappa shape index (κ3) is 2.85. The number of aromatic nitrogens is 3. The average Bonchev–Trinajstić information content (AvgIpc) is 2.77. The summed E-state index contributed by atoms with van der Waals surface area (Å²) < 4.78 is 14.2. The highest BCUT2D eigenvalue weighted by atomic mass is 32.2. The van der Waals surface area contributed by atoms with Crippen LogP contribution in [0.2, 0.25) is 0 Å². The van der Waals surface area contributed by atoms with Gasteiger partial charge >= 0.3 is 0 Å². The van der Waals surface area contributed by atoms with E-state index in [1.807, 2.05) is 41.9 Å². The van der Waals surface area contributed by atoms with E-state index in [9.17, 15) is 4.21 Å². The molecule has 96 valence electrons. The van der Waals surface area contributed by atoms with Crippen molar-refractivity contribution in [1.29, 1.82) is 0 Å². The number of benzene rings is 1. The minimum Gasteiger partial charge on any atom is -0.320 e. The van der Waals surface area contributed by atoms with Crippen molar-refractivity contribution in [2.75, 3.05) is 0 Å². The molecule has 0 radical (unpaired) electrons. The molecule has 18 heavy (non-hydrogen) atoms. The lowest BCUT2D eigenvalue weighted by Crippen LogP contribution is -2.10. The van der Waals surface area contributed by atoms with Crippen LogP contribution >= 0.6 is 0 Å². The van der Waals surface area contributed by atoms with Gasteiger partial charge in [0.1, 0.15) is 12.2 Å². The fourth-order valence-electron chi connectivity index (χ4n) is 1.91. The van der Waals surface area contributed by atoms with Crippen molar-refractivity contribution >= 4 is 10.8 Å². The van der Waals surface area contributed by atoms with Crippen molar-refractivity contribution in [2.24, 2.45) is 7.05 Å². The van der Waals surface area contributed by atoms with Crippen LogP contribution in [0.25, 0.3) is 0 Å². The van der Waals surface area contributed by atoms with Gasteiger partial charge in [0.25, 0.3) is 0 Å². The highest BCUT2D eigenvalue weighted by molar-refractivity contribution is 7.84. The number of hydrogen-bond donors (Lipinski definition) is 0. The lowest BCUT2D eigenvalue weighted by molar-refractivity contribution is 0.664. The van der Waals surface area contributed by atoms with E-state index in [0.717, 1.165) is 17.8 Å². The van der Waals surface area contributed by atoms with Crippen LogP contribution in [0.1, 0.15) is 30.0 Å². The summed E-state index contributed by atoms with van der Waals surface area (Å²) in [5.74, 6) is 1.21. The minimum atomic E-state index is -0.972. The first-order valence-electron chi connectivity index (χ1n) is 5.97. The Balaban J connectivity index is 2.14. The molecule has 0 aliphatic rings. The molecule has 0 amide bonds. The van der Waals surface area contributed by atoms with Gasteiger partial charge in [0.15, 0.2) is 0 Å². The maximum atomic E-state index is 12.4. The van der Waals surface area contributed by atoms with Gasteiger partial charge < -0.3 is 4.57 Å². The van der Waals surface area contributed by atoms with E-state index in [1.165, 1.54) is 0 Å². The van der Waals surface area contributed by atoms with Gasteiger partial charge in [-0.05, 0) is 12.0 Å². The van der Waals surface area contributed by atoms with E-state index in [-0.39, 0.29) is 5.25 Å². The normalized spacial score (nSPS) is 14.3. The zero-order valence-corrected chi connectivity index (χ0v) is 11.4. The molecule has 0 saturated heterocycles. The van der Waals surface area contributed by atoms with E-state index in [4.69, 9.17) is 0 Å². The van der Waals surface area contributed by atoms with Crippen LogP contribution in [0.3, 0.4) is 0 Å². The number of rotatable bonds is 5. The van der Waals surface area contributed by atoms with Gasteiger partial charge in [-0.15, -0.1) is 10.2 Å². The van der Waals surface area contributed by atoms with E-state index in [1.54, 1.807) is 6.33 Å². The van der Waals surface area contributed by atoms with E-state index in [0.29, 0.717) is 5.75 Å². The third-order valence-electron chi connectivity index (χ3n) is 2.94. The van der Waals surface area contributed by atoms with Crippen molar-refractivity contribution < 1.29 is 4.21 Å². The summed E-state index contributed by atoms with van der Waals surface area (Å²) in [6, 6.07) is 10.0. The smallest absolute Gasteiger partial charge is 0.145 e. The number of hydrogen-bond acceptors (Lipinski definition) is 3. The summed E-state index contributed by atoms with van der Waals surface area (Å²) in [6.07, 6.45) is 2.49.